The van der Waals surface area contributed by atoms with E-state index in [0.29, 0.717) is 5.69 Å². The summed E-state index contributed by atoms with van der Waals surface area (Å²) < 4.78 is 7.04. The van der Waals surface area contributed by atoms with Crippen molar-refractivity contribution in [2.24, 2.45) is 0 Å². The maximum absolute atomic E-state index is 10.7. The van der Waals surface area contributed by atoms with E-state index in [9.17, 15) is 5.11 Å². The summed E-state index contributed by atoms with van der Waals surface area (Å²) in [6, 6.07) is 15.7. The number of hydrogen-bond donors (Lipinski definition) is 1. The summed E-state index contributed by atoms with van der Waals surface area (Å²) in [5, 5.41) is 15.4. The van der Waals surface area contributed by atoms with E-state index < -0.39 is 0 Å². The van der Waals surface area contributed by atoms with E-state index in [4.69, 9.17) is 4.74 Å². The number of rotatable bonds is 5. The lowest BCUT2D eigenvalue weighted by atomic mass is 10.1. The van der Waals surface area contributed by atoms with Crippen molar-refractivity contribution in [3.8, 4) is 28.4 Å². The molecule has 0 spiro atoms. The highest BCUT2D eigenvalue weighted by molar-refractivity contribution is 5.68. The zero-order valence-electron chi connectivity index (χ0n) is 14.3. The molecule has 0 aliphatic carbocycles. The van der Waals surface area contributed by atoms with Crippen LogP contribution in [0.15, 0.2) is 48.5 Å². The molecule has 0 fully saturated rings. The molecule has 1 heterocycles. The van der Waals surface area contributed by atoms with Crippen LogP contribution in [0.5, 0.6) is 11.5 Å². The van der Waals surface area contributed by atoms with Crippen molar-refractivity contribution < 1.29 is 9.84 Å². The highest BCUT2D eigenvalue weighted by Crippen LogP contribution is 2.34. The first-order chi connectivity index (χ1) is 11.6. The van der Waals surface area contributed by atoms with E-state index in [1.807, 2.05) is 60.1 Å². The third kappa shape index (κ3) is 3.00. The molecule has 124 valence electrons. The Balaban J connectivity index is 2.10. The molecule has 0 aliphatic heterocycles. The smallest absolute Gasteiger partial charge is 0.165 e. The van der Waals surface area contributed by atoms with Crippen molar-refractivity contribution in [2.75, 3.05) is 7.11 Å². The Morgan fingerprint density at radius 3 is 2.29 bits per heavy atom. The Morgan fingerprint density at radius 2 is 1.71 bits per heavy atom. The minimum absolute atomic E-state index is 0.261. The molecule has 0 aliphatic rings. The van der Waals surface area contributed by atoms with Gasteiger partial charge in [-0.05, 0) is 37.6 Å². The van der Waals surface area contributed by atoms with Crippen LogP contribution in [0.4, 0.5) is 0 Å². The van der Waals surface area contributed by atoms with Gasteiger partial charge in [-0.15, -0.1) is 0 Å². The van der Waals surface area contributed by atoms with Crippen LogP contribution in [0.1, 0.15) is 24.6 Å². The first-order valence-electron chi connectivity index (χ1n) is 8.16. The number of aromatic hydroxyl groups is 1. The predicted molar refractivity (Wildman–Crippen MR) is 95.9 cm³/mol. The van der Waals surface area contributed by atoms with Crippen LogP contribution in [0.2, 0.25) is 0 Å². The lowest BCUT2D eigenvalue weighted by Crippen LogP contribution is -2.02. The van der Waals surface area contributed by atoms with Crippen molar-refractivity contribution in [2.45, 2.75) is 26.7 Å². The monoisotopic (exact) mass is 322 g/mol. The Hall–Kier alpha value is -2.75. The van der Waals surface area contributed by atoms with Gasteiger partial charge in [-0.3, -0.25) is 0 Å². The summed E-state index contributed by atoms with van der Waals surface area (Å²) in [6.07, 6.45) is 1.69. The number of aromatic nitrogens is 2. The minimum atomic E-state index is 0.261. The third-order valence-corrected chi connectivity index (χ3v) is 4.08. The lowest BCUT2D eigenvalue weighted by Gasteiger charge is -2.07. The summed E-state index contributed by atoms with van der Waals surface area (Å²) in [4.78, 5) is 0. The fourth-order valence-electron chi connectivity index (χ4n) is 2.75. The van der Waals surface area contributed by atoms with Gasteiger partial charge in [0.1, 0.15) is 11.4 Å². The number of ether oxygens (including phenoxy) is 1. The van der Waals surface area contributed by atoms with Gasteiger partial charge in [0.25, 0.3) is 0 Å². The SMILES string of the molecule is CCCc1c(O)c(-c2ccc(C)cc2)nn1-c1ccc(OC)cc1. The summed E-state index contributed by atoms with van der Waals surface area (Å²) in [7, 11) is 1.65. The molecule has 0 atom stereocenters. The van der Waals surface area contributed by atoms with Gasteiger partial charge in [0.2, 0.25) is 0 Å². The van der Waals surface area contributed by atoms with Crippen LogP contribution in [0, 0.1) is 6.92 Å². The molecule has 3 aromatic rings. The van der Waals surface area contributed by atoms with Gasteiger partial charge in [-0.25, -0.2) is 4.68 Å². The Bertz CT molecular complexity index is 818. The fourth-order valence-corrected chi connectivity index (χ4v) is 2.75. The topological polar surface area (TPSA) is 47.3 Å². The second-order valence-electron chi connectivity index (χ2n) is 5.87. The fraction of sp³-hybridized carbons (Fsp3) is 0.250. The summed E-state index contributed by atoms with van der Waals surface area (Å²) in [6.45, 7) is 4.14. The molecule has 1 N–H and O–H groups in total. The first kappa shape index (κ1) is 16.1. The largest absolute Gasteiger partial charge is 0.504 e. The molecule has 24 heavy (non-hydrogen) atoms. The minimum Gasteiger partial charge on any atom is -0.504 e. The predicted octanol–water partition coefficient (Wildman–Crippen LogP) is 4.51. The summed E-state index contributed by atoms with van der Waals surface area (Å²) >= 11 is 0. The molecule has 0 saturated heterocycles. The van der Waals surface area contributed by atoms with Crippen molar-refractivity contribution in [3.63, 3.8) is 0 Å². The lowest BCUT2D eigenvalue weighted by molar-refractivity contribution is 0.414. The molecule has 0 radical (unpaired) electrons. The number of nitrogens with zero attached hydrogens (tertiary/aromatic N) is 2. The molecule has 0 saturated carbocycles. The quantitative estimate of drug-likeness (QED) is 0.751. The van der Waals surface area contributed by atoms with Crippen LogP contribution >= 0.6 is 0 Å². The second-order valence-corrected chi connectivity index (χ2v) is 5.87. The van der Waals surface area contributed by atoms with Gasteiger partial charge in [-0.1, -0.05) is 43.2 Å². The van der Waals surface area contributed by atoms with Crippen molar-refractivity contribution >= 4 is 0 Å². The maximum atomic E-state index is 10.7. The number of methoxy groups -OCH3 is 1. The average Bonchev–Trinajstić information content (AvgIpc) is 2.93. The Kier molecular flexibility index (Phi) is 4.56. The number of hydrogen-bond acceptors (Lipinski definition) is 3. The molecule has 0 unspecified atom stereocenters. The Morgan fingerprint density at radius 1 is 1.04 bits per heavy atom. The molecular weight excluding hydrogens is 300 g/mol. The normalized spacial score (nSPS) is 10.8. The van der Waals surface area contributed by atoms with Gasteiger partial charge in [0, 0.05) is 5.56 Å². The van der Waals surface area contributed by atoms with Crippen LogP contribution in [-0.2, 0) is 6.42 Å². The highest BCUT2D eigenvalue weighted by Gasteiger charge is 2.19. The molecule has 0 bridgehead atoms. The number of aryl methyl sites for hydroxylation is 1. The third-order valence-electron chi connectivity index (χ3n) is 4.08. The molecule has 3 rings (SSSR count). The van der Waals surface area contributed by atoms with Gasteiger partial charge < -0.3 is 9.84 Å². The second kappa shape index (κ2) is 6.79. The molecule has 4 nitrogen and oxygen atoms in total. The zero-order valence-corrected chi connectivity index (χ0v) is 14.3. The zero-order chi connectivity index (χ0) is 17.1. The summed E-state index contributed by atoms with van der Waals surface area (Å²) in [5.74, 6) is 1.06. The van der Waals surface area contributed by atoms with E-state index in [2.05, 4.69) is 12.0 Å². The van der Waals surface area contributed by atoms with E-state index in [0.717, 1.165) is 35.5 Å². The molecule has 0 amide bonds. The molecular formula is C20H22N2O2. The van der Waals surface area contributed by atoms with Crippen LogP contribution in [0.25, 0.3) is 16.9 Å². The standard InChI is InChI=1S/C20H22N2O2/c1-4-5-18-20(23)19(15-8-6-14(2)7-9-15)21-22(18)16-10-12-17(24-3)13-11-16/h6-13,23H,4-5H2,1-3H3. The van der Waals surface area contributed by atoms with Crippen LogP contribution < -0.4 is 4.74 Å². The van der Waals surface area contributed by atoms with Crippen molar-refractivity contribution in [1.82, 2.24) is 9.78 Å². The van der Waals surface area contributed by atoms with Gasteiger partial charge in [0.05, 0.1) is 18.5 Å². The highest BCUT2D eigenvalue weighted by atomic mass is 16.5. The van der Waals surface area contributed by atoms with Crippen molar-refractivity contribution in [1.29, 1.82) is 0 Å². The first-order valence-corrected chi connectivity index (χ1v) is 8.16. The van der Waals surface area contributed by atoms with Crippen LogP contribution in [-0.4, -0.2) is 22.0 Å². The number of benzene rings is 2. The summed E-state index contributed by atoms with van der Waals surface area (Å²) in [5.41, 5.74) is 4.46. The van der Waals surface area contributed by atoms with Crippen molar-refractivity contribution in [3.05, 3.63) is 59.8 Å². The van der Waals surface area contributed by atoms with E-state index in [1.165, 1.54) is 5.56 Å². The van der Waals surface area contributed by atoms with E-state index in [-0.39, 0.29) is 5.75 Å². The maximum Gasteiger partial charge on any atom is 0.165 e. The van der Waals surface area contributed by atoms with Crippen LogP contribution in [0.3, 0.4) is 0 Å². The van der Waals surface area contributed by atoms with Gasteiger partial charge >= 0.3 is 0 Å². The van der Waals surface area contributed by atoms with E-state index in [1.54, 1.807) is 7.11 Å². The molecule has 4 heteroatoms. The molecule has 1 aromatic heterocycles. The van der Waals surface area contributed by atoms with E-state index >= 15 is 0 Å². The van der Waals surface area contributed by atoms with Gasteiger partial charge in [-0.2, -0.15) is 5.10 Å². The van der Waals surface area contributed by atoms with Gasteiger partial charge in [0.15, 0.2) is 5.75 Å². The Labute approximate surface area is 142 Å². The molecule has 2 aromatic carbocycles. The average molecular weight is 322 g/mol.